The van der Waals surface area contributed by atoms with Crippen molar-refractivity contribution in [1.82, 2.24) is 0 Å². The molecule has 2 aromatic rings. The van der Waals surface area contributed by atoms with Gasteiger partial charge >= 0.3 is 5.97 Å². The Labute approximate surface area is 121 Å². The summed E-state index contributed by atoms with van der Waals surface area (Å²) in [5.74, 6) is -0.452. The van der Waals surface area contributed by atoms with Gasteiger partial charge in [0, 0.05) is 0 Å². The molecular weight excluding hydrogens is 268 g/mol. The van der Waals surface area contributed by atoms with Crippen molar-refractivity contribution in [2.45, 2.75) is 6.92 Å². The number of allylic oxidation sites excluding steroid dienone is 1. The molecule has 4 heteroatoms. The predicted octanol–water partition coefficient (Wildman–Crippen LogP) is 3.31. The molecule has 21 heavy (non-hydrogen) atoms. The van der Waals surface area contributed by atoms with Gasteiger partial charge in [0.15, 0.2) is 5.76 Å². The maximum Gasteiger partial charge on any atom is 0.335 e. The molecule has 4 nitrogen and oxygen atoms in total. The molecule has 0 unspecified atom stereocenters. The fourth-order valence-electron chi connectivity index (χ4n) is 2.22. The number of carboxylic acids is 1. The molecule has 0 amide bonds. The summed E-state index contributed by atoms with van der Waals surface area (Å²) in [6, 6.07) is 11.8. The van der Waals surface area contributed by atoms with Gasteiger partial charge in [0.25, 0.3) is 0 Å². The van der Waals surface area contributed by atoms with Crippen LogP contribution in [0.25, 0.3) is 6.08 Å². The van der Waals surface area contributed by atoms with Crippen molar-refractivity contribution in [1.29, 1.82) is 0 Å². The van der Waals surface area contributed by atoms with Crippen molar-refractivity contribution >= 4 is 17.8 Å². The van der Waals surface area contributed by atoms with Crippen LogP contribution in [0.1, 0.15) is 31.8 Å². The number of aromatic carboxylic acids is 1. The molecule has 0 fully saturated rings. The molecule has 1 heterocycles. The first-order valence-electron chi connectivity index (χ1n) is 6.43. The predicted molar refractivity (Wildman–Crippen MR) is 77.5 cm³/mol. The maximum atomic E-state index is 12.3. The van der Waals surface area contributed by atoms with Crippen LogP contribution in [0.5, 0.6) is 5.75 Å². The van der Waals surface area contributed by atoms with Crippen molar-refractivity contribution in [2.24, 2.45) is 0 Å². The smallest absolute Gasteiger partial charge is 0.335 e. The van der Waals surface area contributed by atoms with Gasteiger partial charge in [-0.1, -0.05) is 23.8 Å². The molecule has 1 aliphatic heterocycles. The first-order valence-corrected chi connectivity index (χ1v) is 6.43. The number of ketones is 1. The molecule has 1 aliphatic rings. The Morgan fingerprint density at radius 1 is 1.19 bits per heavy atom. The molecule has 0 spiro atoms. The fraction of sp³-hybridized carbons (Fsp3) is 0.0588. The molecular formula is C17H12O4. The van der Waals surface area contributed by atoms with E-state index in [0.29, 0.717) is 16.9 Å². The molecule has 0 bridgehead atoms. The van der Waals surface area contributed by atoms with Crippen molar-refractivity contribution in [3.63, 3.8) is 0 Å². The van der Waals surface area contributed by atoms with Crippen molar-refractivity contribution in [2.75, 3.05) is 0 Å². The normalized spacial score (nSPS) is 14.9. The lowest BCUT2D eigenvalue weighted by Crippen LogP contribution is -1.99. The van der Waals surface area contributed by atoms with Gasteiger partial charge < -0.3 is 9.84 Å². The number of fused-ring (bicyclic) bond motifs is 1. The number of aryl methyl sites for hydroxylation is 1. The largest absolute Gasteiger partial charge is 0.478 e. The summed E-state index contributed by atoms with van der Waals surface area (Å²) in [5.41, 5.74) is 2.31. The highest BCUT2D eigenvalue weighted by Gasteiger charge is 2.27. The summed E-state index contributed by atoms with van der Waals surface area (Å²) >= 11 is 0. The Morgan fingerprint density at radius 2 is 2.00 bits per heavy atom. The van der Waals surface area contributed by atoms with Gasteiger partial charge in [0.05, 0.1) is 11.1 Å². The zero-order valence-electron chi connectivity index (χ0n) is 11.3. The van der Waals surface area contributed by atoms with E-state index < -0.39 is 5.97 Å². The SMILES string of the molecule is Cc1ccc2c(c1)C(=O)/C(=C/c1cccc(C(=O)O)c1)O2. The minimum Gasteiger partial charge on any atom is -0.478 e. The van der Waals surface area contributed by atoms with Gasteiger partial charge in [-0.15, -0.1) is 0 Å². The standard InChI is InChI=1S/C17H12O4/c1-10-5-6-14-13(7-10)16(18)15(21-14)9-11-3-2-4-12(8-11)17(19)20/h2-9H,1H3,(H,19,20)/b15-9-. The third kappa shape index (κ3) is 2.43. The van der Waals surface area contributed by atoms with Crippen LogP contribution in [0.2, 0.25) is 0 Å². The molecule has 3 rings (SSSR count). The lowest BCUT2D eigenvalue weighted by Gasteiger charge is -2.00. The summed E-state index contributed by atoms with van der Waals surface area (Å²) in [6.45, 7) is 1.91. The van der Waals surface area contributed by atoms with Crippen LogP contribution in [-0.4, -0.2) is 16.9 Å². The molecule has 2 aromatic carbocycles. The maximum absolute atomic E-state index is 12.3. The topological polar surface area (TPSA) is 63.6 Å². The third-order valence-electron chi connectivity index (χ3n) is 3.25. The van der Waals surface area contributed by atoms with E-state index in [-0.39, 0.29) is 17.1 Å². The summed E-state index contributed by atoms with van der Waals surface area (Å²) in [5, 5.41) is 8.98. The van der Waals surface area contributed by atoms with E-state index in [1.54, 1.807) is 30.3 Å². The van der Waals surface area contributed by atoms with E-state index in [2.05, 4.69) is 0 Å². The molecule has 0 aromatic heterocycles. The number of carboxylic acid groups (broad SMARTS) is 1. The van der Waals surface area contributed by atoms with E-state index in [4.69, 9.17) is 9.84 Å². The molecule has 0 radical (unpaired) electrons. The van der Waals surface area contributed by atoms with Crippen LogP contribution in [0.3, 0.4) is 0 Å². The average molecular weight is 280 g/mol. The van der Waals surface area contributed by atoms with E-state index in [0.717, 1.165) is 5.56 Å². The van der Waals surface area contributed by atoms with Crippen LogP contribution in [0, 0.1) is 6.92 Å². The number of hydrogen-bond acceptors (Lipinski definition) is 3. The van der Waals surface area contributed by atoms with Crippen molar-refractivity contribution in [3.05, 3.63) is 70.5 Å². The van der Waals surface area contributed by atoms with E-state index in [1.807, 2.05) is 13.0 Å². The van der Waals surface area contributed by atoms with E-state index in [1.165, 1.54) is 12.1 Å². The molecule has 0 aliphatic carbocycles. The van der Waals surface area contributed by atoms with Gasteiger partial charge in [-0.3, -0.25) is 4.79 Å². The van der Waals surface area contributed by atoms with Gasteiger partial charge in [-0.05, 0) is 42.8 Å². The van der Waals surface area contributed by atoms with E-state index in [9.17, 15) is 9.59 Å². The fourth-order valence-corrected chi connectivity index (χ4v) is 2.22. The van der Waals surface area contributed by atoms with Crippen LogP contribution < -0.4 is 4.74 Å². The molecule has 0 atom stereocenters. The molecule has 0 saturated heterocycles. The van der Waals surface area contributed by atoms with Crippen molar-refractivity contribution < 1.29 is 19.4 Å². The Hall–Kier alpha value is -2.88. The van der Waals surface area contributed by atoms with Crippen LogP contribution in [0.15, 0.2) is 48.2 Å². The zero-order chi connectivity index (χ0) is 15.0. The number of benzene rings is 2. The number of Topliss-reactive ketones (excluding diaryl/α,β-unsaturated/α-hetero) is 1. The number of ether oxygens (including phenoxy) is 1. The van der Waals surface area contributed by atoms with Crippen LogP contribution in [0.4, 0.5) is 0 Å². The first-order chi connectivity index (χ1) is 10.0. The lowest BCUT2D eigenvalue weighted by atomic mass is 10.1. The Morgan fingerprint density at radius 3 is 2.76 bits per heavy atom. The van der Waals surface area contributed by atoms with Crippen molar-refractivity contribution in [3.8, 4) is 5.75 Å². The number of carbonyl (C=O) groups excluding carboxylic acids is 1. The second-order valence-corrected chi connectivity index (χ2v) is 4.87. The molecule has 1 N–H and O–H groups in total. The first kappa shape index (κ1) is 13.1. The Kier molecular flexibility index (Phi) is 3.06. The van der Waals surface area contributed by atoms with Crippen LogP contribution >= 0.6 is 0 Å². The zero-order valence-corrected chi connectivity index (χ0v) is 11.3. The summed E-state index contributed by atoms with van der Waals surface area (Å²) in [4.78, 5) is 23.2. The monoisotopic (exact) mass is 280 g/mol. The number of rotatable bonds is 2. The molecule has 0 saturated carbocycles. The highest BCUT2D eigenvalue weighted by atomic mass is 16.5. The minimum atomic E-state index is -1.01. The quantitative estimate of drug-likeness (QED) is 0.857. The van der Waals surface area contributed by atoms with Gasteiger partial charge in [-0.25, -0.2) is 4.79 Å². The average Bonchev–Trinajstić information content (AvgIpc) is 2.76. The third-order valence-corrected chi connectivity index (χ3v) is 3.25. The van der Waals surface area contributed by atoms with Gasteiger partial charge in [0.2, 0.25) is 5.78 Å². The van der Waals surface area contributed by atoms with E-state index >= 15 is 0 Å². The lowest BCUT2D eigenvalue weighted by molar-refractivity contribution is 0.0696. The highest BCUT2D eigenvalue weighted by Crippen LogP contribution is 2.32. The summed E-state index contributed by atoms with van der Waals surface area (Å²) in [7, 11) is 0. The van der Waals surface area contributed by atoms with Crippen LogP contribution in [-0.2, 0) is 0 Å². The second kappa shape index (κ2) is 4.90. The summed E-state index contributed by atoms with van der Waals surface area (Å²) < 4.78 is 5.54. The molecule has 104 valence electrons. The Balaban J connectivity index is 1.98. The summed E-state index contributed by atoms with van der Waals surface area (Å²) in [6.07, 6.45) is 1.56. The van der Waals surface area contributed by atoms with Gasteiger partial charge in [0.1, 0.15) is 5.75 Å². The highest BCUT2D eigenvalue weighted by molar-refractivity contribution is 6.14. The Bertz CT molecular complexity index is 787. The second-order valence-electron chi connectivity index (χ2n) is 4.87. The number of carbonyl (C=O) groups is 2. The van der Waals surface area contributed by atoms with Gasteiger partial charge in [-0.2, -0.15) is 0 Å². The number of hydrogen-bond donors (Lipinski definition) is 1. The minimum absolute atomic E-state index is 0.170.